The standard InChI is InChI=1S/C23H28N4OS/c1-17(2)19-7-5-18(6-8-19)14-26(20-9-10-20)16-23(28)25-22-11-12-24-27(22)15-21-4-3-13-29-21/h3-8,11-13,17,20H,9-10,14-16H2,1-2H3,(H,25,28). The Hall–Kier alpha value is -2.44. The molecule has 1 N–H and O–H groups in total. The van der Waals surface area contributed by atoms with Gasteiger partial charge in [0.05, 0.1) is 19.3 Å². The largest absolute Gasteiger partial charge is 0.310 e. The van der Waals surface area contributed by atoms with Gasteiger partial charge in [0.1, 0.15) is 5.82 Å². The Balaban J connectivity index is 1.37. The first-order valence-corrected chi connectivity index (χ1v) is 11.1. The van der Waals surface area contributed by atoms with Crippen LogP contribution in [-0.4, -0.2) is 33.2 Å². The van der Waals surface area contributed by atoms with Crippen molar-refractivity contribution in [3.63, 3.8) is 0 Å². The molecule has 6 heteroatoms. The molecule has 2 heterocycles. The molecule has 1 fully saturated rings. The second-order valence-corrected chi connectivity index (χ2v) is 9.07. The topological polar surface area (TPSA) is 50.2 Å². The van der Waals surface area contributed by atoms with Gasteiger partial charge in [-0.25, -0.2) is 4.68 Å². The van der Waals surface area contributed by atoms with E-state index in [1.807, 2.05) is 16.8 Å². The van der Waals surface area contributed by atoms with Crippen LogP contribution >= 0.6 is 11.3 Å². The average molecular weight is 409 g/mol. The van der Waals surface area contributed by atoms with Crippen LogP contribution in [0.2, 0.25) is 0 Å². The molecule has 1 saturated carbocycles. The van der Waals surface area contributed by atoms with E-state index < -0.39 is 0 Å². The smallest absolute Gasteiger partial charge is 0.239 e. The number of carbonyl (C=O) groups excluding carboxylic acids is 1. The van der Waals surface area contributed by atoms with Crippen molar-refractivity contribution in [1.82, 2.24) is 14.7 Å². The summed E-state index contributed by atoms with van der Waals surface area (Å²) in [6.07, 6.45) is 4.08. The molecule has 1 aromatic carbocycles. The number of amides is 1. The maximum Gasteiger partial charge on any atom is 0.239 e. The van der Waals surface area contributed by atoms with Crippen molar-refractivity contribution in [3.8, 4) is 0 Å². The van der Waals surface area contributed by atoms with E-state index in [0.717, 1.165) is 12.4 Å². The molecule has 152 valence electrons. The normalized spacial score (nSPS) is 13.9. The van der Waals surface area contributed by atoms with Gasteiger partial charge in [0, 0.05) is 23.5 Å². The molecular formula is C23H28N4OS. The summed E-state index contributed by atoms with van der Waals surface area (Å²) < 4.78 is 1.84. The quantitative estimate of drug-likeness (QED) is 0.557. The first-order chi connectivity index (χ1) is 14.1. The number of carbonyl (C=O) groups is 1. The van der Waals surface area contributed by atoms with Crippen molar-refractivity contribution < 1.29 is 4.79 Å². The summed E-state index contributed by atoms with van der Waals surface area (Å²) in [5.74, 6) is 1.30. The number of benzene rings is 1. The van der Waals surface area contributed by atoms with E-state index in [9.17, 15) is 4.79 Å². The fraction of sp³-hybridized carbons (Fsp3) is 0.391. The summed E-state index contributed by atoms with van der Waals surface area (Å²) in [5, 5.41) is 9.46. The van der Waals surface area contributed by atoms with Crippen LogP contribution in [0.4, 0.5) is 5.82 Å². The minimum Gasteiger partial charge on any atom is -0.310 e. The summed E-state index contributed by atoms with van der Waals surface area (Å²) in [6, 6.07) is 15.3. The molecule has 2 aromatic heterocycles. The molecule has 1 amide bonds. The molecule has 29 heavy (non-hydrogen) atoms. The maximum atomic E-state index is 12.8. The molecule has 0 radical (unpaired) electrons. The molecule has 0 spiro atoms. The maximum absolute atomic E-state index is 12.8. The van der Waals surface area contributed by atoms with E-state index in [1.54, 1.807) is 17.5 Å². The highest BCUT2D eigenvalue weighted by Crippen LogP contribution is 2.28. The Morgan fingerprint density at radius 3 is 2.69 bits per heavy atom. The third-order valence-electron chi connectivity index (χ3n) is 5.31. The second kappa shape index (κ2) is 8.93. The number of nitrogens with zero attached hydrogens (tertiary/aromatic N) is 3. The zero-order chi connectivity index (χ0) is 20.2. The Bertz CT molecular complexity index is 926. The lowest BCUT2D eigenvalue weighted by atomic mass is 10.0. The number of thiophene rings is 1. The molecule has 1 aliphatic carbocycles. The molecule has 5 nitrogen and oxygen atoms in total. The molecule has 3 aromatic rings. The molecule has 0 atom stereocenters. The van der Waals surface area contributed by atoms with Crippen molar-refractivity contribution in [1.29, 1.82) is 0 Å². The van der Waals surface area contributed by atoms with E-state index in [4.69, 9.17) is 0 Å². The third-order valence-corrected chi connectivity index (χ3v) is 6.17. The van der Waals surface area contributed by atoms with Crippen molar-refractivity contribution in [2.75, 3.05) is 11.9 Å². The van der Waals surface area contributed by atoms with E-state index in [0.29, 0.717) is 25.0 Å². The summed E-state index contributed by atoms with van der Waals surface area (Å²) >= 11 is 1.69. The minimum absolute atomic E-state index is 0.0173. The molecule has 0 bridgehead atoms. The number of hydrogen-bond acceptors (Lipinski definition) is 4. The summed E-state index contributed by atoms with van der Waals surface area (Å²) in [7, 11) is 0. The average Bonchev–Trinajstić information content (AvgIpc) is 3.27. The van der Waals surface area contributed by atoms with Crippen LogP contribution in [0, 0.1) is 0 Å². The third kappa shape index (κ3) is 5.34. The van der Waals surface area contributed by atoms with Gasteiger partial charge >= 0.3 is 0 Å². The Labute approximate surface area is 176 Å². The number of nitrogens with one attached hydrogen (secondary N) is 1. The second-order valence-electron chi connectivity index (χ2n) is 8.03. The van der Waals surface area contributed by atoms with Gasteiger partial charge < -0.3 is 5.32 Å². The van der Waals surface area contributed by atoms with Gasteiger partial charge in [-0.05, 0) is 41.3 Å². The Morgan fingerprint density at radius 2 is 2.03 bits per heavy atom. The minimum atomic E-state index is 0.0173. The van der Waals surface area contributed by atoms with Crippen LogP contribution in [0.5, 0.6) is 0 Å². The summed E-state index contributed by atoms with van der Waals surface area (Å²) in [4.78, 5) is 16.3. The van der Waals surface area contributed by atoms with E-state index in [1.165, 1.54) is 28.8 Å². The van der Waals surface area contributed by atoms with E-state index >= 15 is 0 Å². The zero-order valence-corrected chi connectivity index (χ0v) is 17.9. The van der Waals surface area contributed by atoms with Gasteiger partial charge in [-0.3, -0.25) is 9.69 Å². The summed E-state index contributed by atoms with van der Waals surface area (Å²) in [5.41, 5.74) is 2.61. The van der Waals surface area contributed by atoms with Gasteiger partial charge in [-0.1, -0.05) is 44.2 Å². The van der Waals surface area contributed by atoms with E-state index in [2.05, 4.69) is 64.9 Å². The van der Waals surface area contributed by atoms with Crippen LogP contribution in [-0.2, 0) is 17.9 Å². The Kier molecular flexibility index (Phi) is 6.11. The SMILES string of the molecule is CC(C)c1ccc(CN(CC(=O)Nc2ccnn2Cc2cccs2)C2CC2)cc1. The highest BCUT2D eigenvalue weighted by atomic mass is 32.1. The number of rotatable bonds is 9. The van der Waals surface area contributed by atoms with Crippen LogP contribution in [0.25, 0.3) is 0 Å². The van der Waals surface area contributed by atoms with Crippen molar-refractivity contribution in [2.45, 2.75) is 51.7 Å². The monoisotopic (exact) mass is 408 g/mol. The number of hydrogen-bond donors (Lipinski definition) is 1. The van der Waals surface area contributed by atoms with Gasteiger partial charge in [-0.2, -0.15) is 5.10 Å². The molecule has 4 rings (SSSR count). The lowest BCUT2D eigenvalue weighted by molar-refractivity contribution is -0.117. The molecule has 1 aliphatic rings. The lowest BCUT2D eigenvalue weighted by Gasteiger charge is -2.22. The lowest BCUT2D eigenvalue weighted by Crippen LogP contribution is -2.35. The fourth-order valence-electron chi connectivity index (χ4n) is 3.48. The van der Waals surface area contributed by atoms with Crippen molar-refractivity contribution in [2.24, 2.45) is 0 Å². The summed E-state index contributed by atoms with van der Waals surface area (Å²) in [6.45, 7) is 6.30. The highest BCUT2D eigenvalue weighted by Gasteiger charge is 2.30. The molecule has 0 unspecified atom stereocenters. The zero-order valence-electron chi connectivity index (χ0n) is 17.0. The van der Waals surface area contributed by atoms with Crippen LogP contribution in [0.3, 0.4) is 0 Å². The first kappa shape index (κ1) is 19.9. The van der Waals surface area contributed by atoms with Gasteiger partial charge in [0.15, 0.2) is 0 Å². The molecule has 0 aliphatic heterocycles. The predicted molar refractivity (Wildman–Crippen MR) is 118 cm³/mol. The highest BCUT2D eigenvalue weighted by molar-refractivity contribution is 7.09. The van der Waals surface area contributed by atoms with Gasteiger partial charge in [-0.15, -0.1) is 11.3 Å². The van der Waals surface area contributed by atoms with Crippen molar-refractivity contribution >= 4 is 23.1 Å². The molecule has 0 saturated heterocycles. The molecular weight excluding hydrogens is 380 g/mol. The number of anilines is 1. The fourth-order valence-corrected chi connectivity index (χ4v) is 4.16. The van der Waals surface area contributed by atoms with E-state index in [-0.39, 0.29) is 5.91 Å². The Morgan fingerprint density at radius 1 is 1.24 bits per heavy atom. The van der Waals surface area contributed by atoms with Gasteiger partial charge in [0.25, 0.3) is 0 Å². The van der Waals surface area contributed by atoms with Crippen LogP contribution in [0.15, 0.2) is 54.0 Å². The van der Waals surface area contributed by atoms with Crippen LogP contribution < -0.4 is 5.32 Å². The van der Waals surface area contributed by atoms with Crippen molar-refractivity contribution in [3.05, 3.63) is 70.0 Å². The first-order valence-electron chi connectivity index (χ1n) is 10.3. The van der Waals surface area contributed by atoms with Gasteiger partial charge in [0.2, 0.25) is 5.91 Å². The predicted octanol–water partition coefficient (Wildman–Crippen LogP) is 4.72. The number of aromatic nitrogens is 2. The van der Waals surface area contributed by atoms with Crippen LogP contribution in [0.1, 0.15) is 48.6 Å².